The molecule has 0 saturated heterocycles. The average Bonchev–Trinajstić information content (AvgIpc) is 2.44. The molecule has 0 aliphatic heterocycles. The van der Waals surface area contributed by atoms with Gasteiger partial charge < -0.3 is 4.74 Å². The van der Waals surface area contributed by atoms with Crippen LogP contribution in [0.5, 0.6) is 5.75 Å². The number of carbonyl (C=O) groups excluding carboxylic acids is 1. The van der Waals surface area contributed by atoms with Gasteiger partial charge >= 0.3 is 0 Å². The predicted molar refractivity (Wildman–Crippen MR) is 84.6 cm³/mol. The quantitative estimate of drug-likeness (QED) is 0.751. The van der Waals surface area contributed by atoms with Crippen LogP contribution in [0.4, 0.5) is 4.39 Å². The third-order valence-electron chi connectivity index (χ3n) is 3.42. The van der Waals surface area contributed by atoms with Crippen LogP contribution in [-0.4, -0.2) is 12.9 Å². The summed E-state index contributed by atoms with van der Waals surface area (Å²) in [4.78, 5) is 12.6. The van der Waals surface area contributed by atoms with E-state index >= 15 is 0 Å². The molecule has 2 rings (SSSR count). The fraction of sp³-hybridized carbons (Fsp3) is 0.235. The molecule has 0 N–H and O–H groups in total. The van der Waals surface area contributed by atoms with Gasteiger partial charge in [0, 0.05) is 10.9 Å². The van der Waals surface area contributed by atoms with E-state index < -0.39 is 0 Å². The highest BCUT2D eigenvalue weighted by Gasteiger charge is 2.19. The second-order valence-electron chi connectivity index (χ2n) is 4.93. The normalized spacial score (nSPS) is 10.5. The van der Waals surface area contributed by atoms with Gasteiger partial charge in [-0.25, -0.2) is 4.39 Å². The van der Waals surface area contributed by atoms with E-state index in [9.17, 15) is 9.18 Å². The topological polar surface area (TPSA) is 26.3 Å². The van der Waals surface area contributed by atoms with Crippen molar-refractivity contribution in [3.05, 3.63) is 62.9 Å². The molecule has 0 atom stereocenters. The molecule has 0 radical (unpaired) electrons. The lowest BCUT2D eigenvalue weighted by atomic mass is 9.96. The van der Waals surface area contributed by atoms with Gasteiger partial charge in [-0.3, -0.25) is 4.79 Å². The van der Waals surface area contributed by atoms with Crippen molar-refractivity contribution < 1.29 is 13.9 Å². The van der Waals surface area contributed by atoms with Crippen LogP contribution in [0.25, 0.3) is 0 Å². The SMILES string of the molecule is COc1c(C)cc(Br)c(C)c1C(=O)Cc1ccc(F)cc1. The standard InChI is InChI=1S/C17H16BrFO2/c1-10-8-14(18)11(2)16(17(10)21-3)15(20)9-12-4-6-13(19)7-5-12/h4-8H,9H2,1-3H3. The number of hydrogen-bond acceptors (Lipinski definition) is 2. The van der Waals surface area contributed by atoms with Crippen molar-refractivity contribution in [3.63, 3.8) is 0 Å². The maximum atomic E-state index is 12.9. The van der Waals surface area contributed by atoms with E-state index in [0.29, 0.717) is 11.3 Å². The summed E-state index contributed by atoms with van der Waals surface area (Å²) >= 11 is 3.47. The van der Waals surface area contributed by atoms with Gasteiger partial charge in [-0.15, -0.1) is 0 Å². The predicted octanol–water partition coefficient (Wildman–Crippen LogP) is 4.64. The second-order valence-corrected chi connectivity index (χ2v) is 5.79. The first kappa shape index (κ1) is 15.7. The van der Waals surface area contributed by atoms with Crippen LogP contribution in [0.1, 0.15) is 27.0 Å². The number of ether oxygens (including phenoxy) is 1. The first-order valence-corrected chi connectivity index (χ1v) is 7.34. The molecule has 0 saturated carbocycles. The number of halogens is 2. The molecular weight excluding hydrogens is 335 g/mol. The van der Waals surface area contributed by atoms with Gasteiger partial charge in [-0.2, -0.15) is 0 Å². The highest BCUT2D eigenvalue weighted by molar-refractivity contribution is 9.10. The number of methoxy groups -OCH3 is 1. The Kier molecular flexibility index (Phi) is 4.78. The summed E-state index contributed by atoms with van der Waals surface area (Å²) in [5, 5.41) is 0. The van der Waals surface area contributed by atoms with E-state index in [1.807, 2.05) is 19.9 Å². The van der Waals surface area contributed by atoms with Crippen molar-refractivity contribution in [1.29, 1.82) is 0 Å². The molecule has 0 amide bonds. The van der Waals surface area contributed by atoms with E-state index in [2.05, 4.69) is 15.9 Å². The summed E-state index contributed by atoms with van der Waals surface area (Å²) < 4.78 is 19.2. The third-order valence-corrected chi connectivity index (χ3v) is 4.25. The molecule has 2 aromatic carbocycles. The van der Waals surface area contributed by atoms with Crippen molar-refractivity contribution in [3.8, 4) is 5.75 Å². The molecule has 4 heteroatoms. The molecule has 0 aliphatic rings. The molecule has 0 heterocycles. The first-order chi connectivity index (χ1) is 9.93. The van der Waals surface area contributed by atoms with Crippen LogP contribution >= 0.6 is 15.9 Å². The van der Waals surface area contributed by atoms with E-state index in [1.165, 1.54) is 12.1 Å². The minimum absolute atomic E-state index is 0.0413. The Labute approximate surface area is 132 Å². The van der Waals surface area contributed by atoms with Crippen molar-refractivity contribution in [2.45, 2.75) is 20.3 Å². The molecule has 21 heavy (non-hydrogen) atoms. The van der Waals surface area contributed by atoms with Crippen LogP contribution in [0, 0.1) is 19.7 Å². The summed E-state index contributed by atoms with van der Waals surface area (Å²) in [5.41, 5.74) is 3.11. The van der Waals surface area contributed by atoms with Crippen molar-refractivity contribution >= 4 is 21.7 Å². The number of carbonyl (C=O) groups is 1. The third kappa shape index (κ3) is 3.32. The molecule has 110 valence electrons. The Hall–Kier alpha value is -1.68. The van der Waals surface area contributed by atoms with Gasteiger partial charge in [0.15, 0.2) is 5.78 Å². The van der Waals surface area contributed by atoms with Crippen molar-refractivity contribution in [1.82, 2.24) is 0 Å². The number of ketones is 1. The summed E-state index contributed by atoms with van der Waals surface area (Å²) in [7, 11) is 1.56. The molecule has 0 aromatic heterocycles. The van der Waals surface area contributed by atoms with Crippen LogP contribution in [0.3, 0.4) is 0 Å². The minimum Gasteiger partial charge on any atom is -0.496 e. The fourth-order valence-electron chi connectivity index (χ4n) is 2.33. The zero-order valence-corrected chi connectivity index (χ0v) is 13.8. The fourth-order valence-corrected chi connectivity index (χ4v) is 2.87. The highest BCUT2D eigenvalue weighted by Crippen LogP contribution is 2.33. The van der Waals surface area contributed by atoms with Gasteiger partial charge in [0.1, 0.15) is 11.6 Å². The summed E-state index contributed by atoms with van der Waals surface area (Å²) in [6.45, 7) is 3.78. The van der Waals surface area contributed by atoms with Crippen molar-refractivity contribution in [2.75, 3.05) is 7.11 Å². The largest absolute Gasteiger partial charge is 0.496 e. The lowest BCUT2D eigenvalue weighted by Crippen LogP contribution is -2.09. The zero-order valence-electron chi connectivity index (χ0n) is 12.2. The van der Waals surface area contributed by atoms with E-state index in [0.717, 1.165) is 21.2 Å². The van der Waals surface area contributed by atoms with E-state index in [4.69, 9.17) is 4.74 Å². The zero-order chi connectivity index (χ0) is 15.6. The van der Waals surface area contributed by atoms with Crippen molar-refractivity contribution in [2.24, 2.45) is 0 Å². The second kappa shape index (κ2) is 6.39. The maximum absolute atomic E-state index is 12.9. The summed E-state index contributed by atoms with van der Waals surface area (Å²) in [6.07, 6.45) is 0.216. The minimum atomic E-state index is -0.307. The molecule has 0 spiro atoms. The molecule has 0 fully saturated rings. The highest BCUT2D eigenvalue weighted by atomic mass is 79.9. The van der Waals surface area contributed by atoms with Gasteiger partial charge in [0.25, 0.3) is 0 Å². The lowest BCUT2D eigenvalue weighted by Gasteiger charge is -2.15. The first-order valence-electron chi connectivity index (χ1n) is 6.55. The van der Waals surface area contributed by atoms with E-state index in [-0.39, 0.29) is 18.0 Å². The summed E-state index contributed by atoms with van der Waals surface area (Å²) in [5.74, 6) is 0.251. The molecule has 0 bridgehead atoms. The Balaban J connectivity index is 2.41. The number of aryl methyl sites for hydroxylation is 1. The van der Waals surface area contributed by atoms with E-state index in [1.54, 1.807) is 19.2 Å². The number of rotatable bonds is 4. The maximum Gasteiger partial charge on any atom is 0.171 e. The van der Waals surface area contributed by atoms with Crippen LogP contribution in [0.2, 0.25) is 0 Å². The van der Waals surface area contributed by atoms with Gasteiger partial charge in [-0.1, -0.05) is 28.1 Å². The smallest absolute Gasteiger partial charge is 0.171 e. The van der Waals surface area contributed by atoms with Gasteiger partial charge in [0.05, 0.1) is 12.7 Å². The Morgan fingerprint density at radius 3 is 2.43 bits per heavy atom. The van der Waals surface area contributed by atoms with Crippen LogP contribution in [-0.2, 0) is 6.42 Å². The molecule has 0 aliphatic carbocycles. The molecule has 2 aromatic rings. The molecular formula is C17H16BrFO2. The Morgan fingerprint density at radius 1 is 1.24 bits per heavy atom. The van der Waals surface area contributed by atoms with Crippen LogP contribution in [0.15, 0.2) is 34.8 Å². The molecule has 2 nitrogen and oxygen atoms in total. The number of Topliss-reactive ketones (excluding diaryl/α,β-unsaturated/α-hetero) is 1. The Bertz CT molecular complexity index is 678. The number of benzene rings is 2. The number of hydrogen-bond donors (Lipinski definition) is 0. The van der Waals surface area contributed by atoms with Crippen LogP contribution < -0.4 is 4.74 Å². The average molecular weight is 351 g/mol. The Morgan fingerprint density at radius 2 is 1.86 bits per heavy atom. The summed E-state index contributed by atoms with van der Waals surface area (Å²) in [6, 6.07) is 7.90. The monoisotopic (exact) mass is 350 g/mol. The molecule has 0 unspecified atom stereocenters. The van der Waals surface area contributed by atoms with Gasteiger partial charge in [0.2, 0.25) is 0 Å². The van der Waals surface area contributed by atoms with Gasteiger partial charge in [-0.05, 0) is 48.7 Å². The lowest BCUT2D eigenvalue weighted by molar-refractivity contribution is 0.0989.